The van der Waals surface area contributed by atoms with Crippen LogP contribution in [0.25, 0.3) is 21.9 Å². The van der Waals surface area contributed by atoms with Crippen LogP contribution in [-0.4, -0.2) is 0 Å². The second-order valence-corrected chi connectivity index (χ2v) is 13.0. The van der Waals surface area contributed by atoms with Crippen LogP contribution in [0.2, 0.25) is 0 Å². The van der Waals surface area contributed by atoms with Gasteiger partial charge in [-0.3, -0.25) is 0 Å². The molecule has 1 spiro atoms. The van der Waals surface area contributed by atoms with Crippen LogP contribution in [0.15, 0.2) is 115 Å². The monoisotopic (exact) mass is 517 g/mol. The van der Waals surface area contributed by atoms with Gasteiger partial charge in [-0.25, -0.2) is 0 Å². The second-order valence-electron chi connectivity index (χ2n) is 13.0. The van der Waals surface area contributed by atoms with Crippen molar-refractivity contribution >= 4 is 27.8 Å². The molecule has 0 aliphatic heterocycles. The highest BCUT2D eigenvalue weighted by Crippen LogP contribution is 2.67. The Morgan fingerprint density at radius 1 is 0.575 bits per heavy atom. The van der Waals surface area contributed by atoms with Crippen molar-refractivity contribution < 1.29 is 0 Å². The summed E-state index contributed by atoms with van der Waals surface area (Å²) in [5.41, 5.74) is 10.1. The summed E-state index contributed by atoms with van der Waals surface area (Å²) in [6.07, 6.45) is 8.57. The maximum Gasteiger partial charge on any atom is 0.0543 e. The maximum absolute atomic E-state index is 2.51. The first-order chi connectivity index (χ1) is 19.8. The molecule has 0 N–H and O–H groups in total. The van der Waals surface area contributed by atoms with E-state index in [4.69, 9.17) is 0 Å². The molecule has 5 unspecified atom stereocenters. The minimum Gasteiger partial charge on any atom is -0.310 e. The quantitative estimate of drug-likeness (QED) is 0.230. The van der Waals surface area contributed by atoms with Crippen LogP contribution in [-0.2, 0) is 5.41 Å². The van der Waals surface area contributed by atoms with E-state index in [9.17, 15) is 0 Å². The van der Waals surface area contributed by atoms with Gasteiger partial charge in [0, 0.05) is 22.4 Å². The highest BCUT2D eigenvalue weighted by atomic mass is 15.1. The largest absolute Gasteiger partial charge is 0.310 e. The third-order valence-electron chi connectivity index (χ3n) is 11.2. The molecular formula is C39H35N. The number of benzene rings is 5. The van der Waals surface area contributed by atoms with Gasteiger partial charge in [-0.15, -0.1) is 0 Å². The average Bonchev–Trinajstić information content (AvgIpc) is 3.29. The summed E-state index contributed by atoms with van der Waals surface area (Å²) >= 11 is 0. The number of nitrogens with zero attached hydrogens (tertiary/aromatic N) is 1. The number of hydrogen-bond acceptors (Lipinski definition) is 1. The topological polar surface area (TPSA) is 3.24 Å². The lowest BCUT2D eigenvalue weighted by Gasteiger charge is -2.57. The molecule has 196 valence electrons. The molecule has 0 saturated heterocycles. The van der Waals surface area contributed by atoms with Crippen LogP contribution < -0.4 is 4.90 Å². The molecule has 3 saturated carbocycles. The number of rotatable bonds is 3. The Hall–Kier alpha value is -3.84. The van der Waals surface area contributed by atoms with E-state index in [1.807, 2.05) is 0 Å². The van der Waals surface area contributed by atoms with Crippen molar-refractivity contribution in [1.82, 2.24) is 0 Å². The van der Waals surface area contributed by atoms with Crippen LogP contribution in [0.3, 0.4) is 0 Å². The fourth-order valence-corrected chi connectivity index (χ4v) is 9.64. The third-order valence-corrected chi connectivity index (χ3v) is 11.2. The van der Waals surface area contributed by atoms with Crippen LogP contribution in [0.1, 0.15) is 49.7 Å². The van der Waals surface area contributed by atoms with Gasteiger partial charge in [0.1, 0.15) is 0 Å². The van der Waals surface area contributed by atoms with E-state index in [0.29, 0.717) is 0 Å². The van der Waals surface area contributed by atoms with Gasteiger partial charge in [0.05, 0.1) is 5.69 Å². The second kappa shape index (κ2) is 8.58. The zero-order valence-electron chi connectivity index (χ0n) is 23.0. The van der Waals surface area contributed by atoms with Crippen molar-refractivity contribution in [3.63, 3.8) is 0 Å². The number of hydrogen-bond donors (Lipinski definition) is 0. The summed E-state index contributed by atoms with van der Waals surface area (Å²) in [5.74, 6) is 3.54. The molecule has 0 amide bonds. The zero-order valence-corrected chi connectivity index (χ0v) is 23.0. The smallest absolute Gasteiger partial charge is 0.0543 e. The molecule has 4 aliphatic rings. The Morgan fingerprint density at radius 3 is 2.30 bits per heavy atom. The van der Waals surface area contributed by atoms with Crippen molar-refractivity contribution in [2.45, 2.75) is 43.9 Å². The van der Waals surface area contributed by atoms with Crippen molar-refractivity contribution in [3.05, 3.63) is 126 Å². The Kier molecular flexibility index (Phi) is 4.92. The highest BCUT2D eigenvalue weighted by Gasteiger charge is 2.57. The van der Waals surface area contributed by atoms with Gasteiger partial charge in [-0.05, 0) is 114 Å². The van der Waals surface area contributed by atoms with Crippen LogP contribution in [0, 0.1) is 23.7 Å². The maximum atomic E-state index is 2.51. The molecule has 0 heterocycles. The molecule has 1 nitrogen and oxygen atoms in total. The molecule has 5 aromatic rings. The van der Waals surface area contributed by atoms with E-state index in [1.54, 1.807) is 11.1 Å². The van der Waals surface area contributed by atoms with E-state index < -0.39 is 0 Å². The van der Waals surface area contributed by atoms with E-state index in [0.717, 1.165) is 23.7 Å². The summed E-state index contributed by atoms with van der Waals surface area (Å²) in [6.45, 7) is 0. The van der Waals surface area contributed by atoms with Gasteiger partial charge in [-0.1, -0.05) is 91.3 Å². The summed E-state index contributed by atoms with van der Waals surface area (Å²) < 4.78 is 0. The zero-order chi connectivity index (χ0) is 26.3. The fraction of sp³-hybridized carbons (Fsp3) is 0.282. The first kappa shape index (κ1) is 22.9. The number of para-hydroxylation sites is 1. The lowest BCUT2D eigenvalue weighted by Crippen LogP contribution is -2.50. The lowest BCUT2D eigenvalue weighted by molar-refractivity contribution is -0.0103. The van der Waals surface area contributed by atoms with E-state index >= 15 is 0 Å². The molecule has 4 aliphatic carbocycles. The predicted octanol–water partition coefficient (Wildman–Crippen LogP) is 10.4. The molecule has 40 heavy (non-hydrogen) atoms. The van der Waals surface area contributed by atoms with Gasteiger partial charge in [0.15, 0.2) is 0 Å². The molecule has 5 aromatic carbocycles. The summed E-state index contributed by atoms with van der Waals surface area (Å²) in [5, 5.41) is 2.56. The molecule has 0 radical (unpaired) electrons. The van der Waals surface area contributed by atoms with Gasteiger partial charge in [0.2, 0.25) is 0 Å². The van der Waals surface area contributed by atoms with Crippen LogP contribution in [0.5, 0.6) is 0 Å². The fourth-order valence-electron chi connectivity index (χ4n) is 9.64. The van der Waals surface area contributed by atoms with Crippen molar-refractivity contribution in [3.8, 4) is 11.1 Å². The molecule has 3 bridgehead atoms. The lowest BCUT2D eigenvalue weighted by atomic mass is 9.47. The van der Waals surface area contributed by atoms with Crippen molar-refractivity contribution in [2.24, 2.45) is 23.7 Å². The van der Waals surface area contributed by atoms with Crippen molar-refractivity contribution in [1.29, 1.82) is 0 Å². The van der Waals surface area contributed by atoms with Crippen LogP contribution >= 0.6 is 0 Å². The normalized spacial score (nSPS) is 27.5. The Balaban J connectivity index is 1.30. The van der Waals surface area contributed by atoms with Gasteiger partial charge >= 0.3 is 0 Å². The SMILES string of the molecule is c1ccc(N(c2ccc3ccccc3c2)c2cccc3c2-c2ccccc2C32CC3CCC4CC3CC2C4)cc1. The number of fused-ring (bicyclic) bond motifs is 9. The summed E-state index contributed by atoms with van der Waals surface area (Å²) in [6, 6.07) is 43.4. The third kappa shape index (κ3) is 3.15. The minimum atomic E-state index is 0.161. The highest BCUT2D eigenvalue weighted by molar-refractivity contribution is 5.97. The summed E-state index contributed by atoms with van der Waals surface area (Å²) in [7, 11) is 0. The first-order valence-corrected chi connectivity index (χ1v) is 15.4. The van der Waals surface area contributed by atoms with Gasteiger partial charge in [0.25, 0.3) is 0 Å². The Labute approximate surface area is 237 Å². The summed E-state index contributed by atoms with van der Waals surface area (Å²) in [4.78, 5) is 2.51. The standard InChI is InChI=1S/C39H35N/c1-2-11-32(12-3-1)40(33-20-19-27-9-4-5-10-28(27)24-33)37-16-8-15-36-38(37)34-13-6-7-14-35(34)39(36)25-29-18-17-26-21-30(29)23-31(39)22-26/h1-16,19-20,24,26,29-31H,17-18,21-23,25H2. The van der Waals surface area contributed by atoms with Crippen LogP contribution in [0.4, 0.5) is 17.1 Å². The number of anilines is 3. The minimum absolute atomic E-state index is 0.161. The Bertz CT molecular complexity index is 1750. The average molecular weight is 518 g/mol. The molecule has 9 rings (SSSR count). The van der Waals surface area contributed by atoms with Gasteiger partial charge in [-0.2, -0.15) is 0 Å². The van der Waals surface area contributed by atoms with E-state index in [-0.39, 0.29) is 5.41 Å². The predicted molar refractivity (Wildman–Crippen MR) is 167 cm³/mol. The molecule has 5 atom stereocenters. The van der Waals surface area contributed by atoms with Gasteiger partial charge < -0.3 is 4.90 Å². The molecule has 0 aromatic heterocycles. The van der Waals surface area contributed by atoms with E-state index in [2.05, 4.69) is 120 Å². The molecule has 3 fully saturated rings. The molecule has 1 heteroatoms. The van der Waals surface area contributed by atoms with Crippen molar-refractivity contribution in [2.75, 3.05) is 4.90 Å². The van der Waals surface area contributed by atoms with E-state index in [1.165, 1.54) is 77.5 Å². The Morgan fingerprint density at radius 2 is 1.38 bits per heavy atom. The molecular weight excluding hydrogens is 482 g/mol. The first-order valence-electron chi connectivity index (χ1n) is 15.4.